The number of hydrogen-bond donors (Lipinski definition) is 0. The van der Waals surface area contributed by atoms with Crippen molar-refractivity contribution in [2.45, 2.75) is 18.8 Å². The number of para-hydroxylation sites is 5. The number of furan rings is 1. The van der Waals surface area contributed by atoms with Gasteiger partial charge in [-0.2, -0.15) is 0 Å². The van der Waals surface area contributed by atoms with Crippen molar-refractivity contribution in [3.05, 3.63) is 193 Å². The lowest BCUT2D eigenvalue weighted by molar-refractivity contribution is 0.669. The molecule has 0 saturated heterocycles. The van der Waals surface area contributed by atoms with Gasteiger partial charge < -0.3 is 4.42 Å². The van der Waals surface area contributed by atoms with Gasteiger partial charge in [0.1, 0.15) is 17.0 Å². The van der Waals surface area contributed by atoms with Crippen LogP contribution in [0.25, 0.3) is 89.6 Å². The minimum atomic E-state index is -0.0855. The van der Waals surface area contributed by atoms with E-state index in [-0.39, 0.29) is 5.92 Å². The Kier molecular flexibility index (Phi) is 7.28. The summed E-state index contributed by atoms with van der Waals surface area (Å²) in [6.45, 7) is 0. The number of rotatable bonds is 5. The molecule has 274 valence electrons. The van der Waals surface area contributed by atoms with E-state index in [9.17, 15) is 0 Å². The molecule has 7 heteroatoms. The topological polar surface area (TPSA) is 74.0 Å². The highest BCUT2D eigenvalue weighted by Gasteiger charge is 2.31. The Morgan fingerprint density at radius 2 is 1.14 bits per heavy atom. The third-order valence-electron chi connectivity index (χ3n) is 11.6. The molecule has 11 aromatic rings. The van der Waals surface area contributed by atoms with E-state index in [0.29, 0.717) is 11.6 Å². The zero-order valence-electron chi connectivity index (χ0n) is 31.3. The lowest BCUT2D eigenvalue weighted by atomic mass is 9.91. The first-order valence-electron chi connectivity index (χ1n) is 19.7. The van der Waals surface area contributed by atoms with E-state index in [1.165, 1.54) is 11.3 Å². The molecule has 0 amide bonds. The maximum atomic E-state index is 6.38. The van der Waals surface area contributed by atoms with Gasteiger partial charge in [-0.05, 0) is 54.3 Å². The molecule has 7 nitrogen and oxygen atoms in total. The van der Waals surface area contributed by atoms with Crippen molar-refractivity contribution in [1.82, 2.24) is 28.9 Å². The fourth-order valence-corrected chi connectivity index (χ4v) is 8.96. The van der Waals surface area contributed by atoms with Gasteiger partial charge in [0.2, 0.25) is 5.78 Å². The summed E-state index contributed by atoms with van der Waals surface area (Å²) >= 11 is 0. The monoisotopic (exact) mass is 746 g/mol. The maximum Gasteiger partial charge on any atom is 0.220 e. The Morgan fingerprint density at radius 1 is 0.500 bits per heavy atom. The van der Waals surface area contributed by atoms with Crippen LogP contribution in [-0.2, 0) is 6.42 Å². The molecule has 12 rings (SSSR count). The van der Waals surface area contributed by atoms with Gasteiger partial charge in [0.05, 0.1) is 22.4 Å². The van der Waals surface area contributed by atoms with Crippen LogP contribution in [0.15, 0.2) is 180 Å². The standard InChI is InChI=1S/C51H34N6O/c1-3-14-33(15-4-1)48-53-49(34-28-26-32(27-29-34)36-21-13-22-40-38-19-9-12-25-45(38)58-47(36)40)55-50(54-48)41-30-31-44-46(39-20-8-7-18-37(39)41)52-51-56(35-16-5-2-6-17-35)42-23-10-11-24-43(42)57(44)51/h1-29,41H,30-31H2. The normalized spacial score (nSPS) is 13.9. The van der Waals surface area contributed by atoms with Crippen molar-refractivity contribution in [1.29, 1.82) is 0 Å². The number of aromatic nitrogens is 6. The predicted molar refractivity (Wildman–Crippen MR) is 231 cm³/mol. The van der Waals surface area contributed by atoms with Crippen LogP contribution >= 0.6 is 0 Å². The summed E-state index contributed by atoms with van der Waals surface area (Å²) < 4.78 is 11.0. The van der Waals surface area contributed by atoms with Crippen LogP contribution in [0.4, 0.5) is 0 Å². The van der Waals surface area contributed by atoms with E-state index in [4.69, 9.17) is 24.4 Å². The number of nitrogens with zero attached hydrogens (tertiary/aromatic N) is 6. The van der Waals surface area contributed by atoms with E-state index in [0.717, 1.165) is 96.6 Å². The molecule has 0 bridgehead atoms. The summed E-state index contributed by atoms with van der Waals surface area (Å²) in [5, 5.41) is 2.23. The van der Waals surface area contributed by atoms with E-state index >= 15 is 0 Å². The Hall–Kier alpha value is -7.64. The quantitative estimate of drug-likeness (QED) is 0.175. The molecule has 0 N–H and O–H groups in total. The molecule has 4 heterocycles. The second-order valence-electron chi connectivity index (χ2n) is 14.9. The molecular weight excluding hydrogens is 713 g/mol. The first kappa shape index (κ1) is 32.6. The fraction of sp³-hybridized carbons (Fsp3) is 0.0588. The highest BCUT2D eigenvalue weighted by molar-refractivity contribution is 6.09. The smallest absolute Gasteiger partial charge is 0.220 e. The average Bonchev–Trinajstić information content (AvgIpc) is 3.93. The van der Waals surface area contributed by atoms with Crippen molar-refractivity contribution in [2.24, 2.45) is 0 Å². The molecule has 1 aliphatic carbocycles. The molecule has 1 aliphatic rings. The molecule has 0 fully saturated rings. The highest BCUT2D eigenvalue weighted by atomic mass is 16.3. The zero-order valence-corrected chi connectivity index (χ0v) is 31.3. The van der Waals surface area contributed by atoms with E-state index in [1.807, 2.05) is 30.3 Å². The van der Waals surface area contributed by atoms with Crippen LogP contribution in [-0.4, -0.2) is 28.9 Å². The second kappa shape index (κ2) is 13.0. The molecule has 58 heavy (non-hydrogen) atoms. The molecular formula is C51H34N6O. The minimum Gasteiger partial charge on any atom is -0.455 e. The van der Waals surface area contributed by atoms with E-state index in [1.54, 1.807) is 0 Å². The number of benzene rings is 7. The van der Waals surface area contributed by atoms with Gasteiger partial charge >= 0.3 is 0 Å². The van der Waals surface area contributed by atoms with Gasteiger partial charge in [-0.1, -0.05) is 146 Å². The van der Waals surface area contributed by atoms with Crippen LogP contribution in [0, 0.1) is 0 Å². The van der Waals surface area contributed by atoms with Crippen molar-refractivity contribution in [3.63, 3.8) is 0 Å². The van der Waals surface area contributed by atoms with Gasteiger partial charge in [0.25, 0.3) is 0 Å². The number of fused-ring (bicyclic) bond motifs is 10. The summed E-state index contributed by atoms with van der Waals surface area (Å²) in [6.07, 6.45) is 1.60. The Labute approximate surface area is 333 Å². The molecule has 0 radical (unpaired) electrons. The van der Waals surface area contributed by atoms with Gasteiger partial charge in [-0.3, -0.25) is 8.97 Å². The van der Waals surface area contributed by atoms with E-state index < -0.39 is 0 Å². The lowest BCUT2D eigenvalue weighted by Gasteiger charge is -2.18. The summed E-state index contributed by atoms with van der Waals surface area (Å²) in [4.78, 5) is 21.1. The van der Waals surface area contributed by atoms with Gasteiger partial charge in [0.15, 0.2) is 11.6 Å². The molecule has 1 atom stereocenters. The summed E-state index contributed by atoms with van der Waals surface area (Å²) in [5.74, 6) is 2.89. The first-order valence-corrected chi connectivity index (χ1v) is 19.7. The SMILES string of the molecule is c1ccc(-c2nc(-c3ccc(-c4cccc5c4oc4ccccc45)cc3)nc(C3CCc4c(nc5n(-c6ccccc6)c6ccccc6n45)-c4ccccc43)n2)cc1. The largest absolute Gasteiger partial charge is 0.455 e. The zero-order chi connectivity index (χ0) is 38.2. The van der Waals surface area contributed by atoms with Crippen molar-refractivity contribution in [3.8, 4) is 50.8 Å². The van der Waals surface area contributed by atoms with Crippen LogP contribution in [0.5, 0.6) is 0 Å². The van der Waals surface area contributed by atoms with Crippen LogP contribution in [0.3, 0.4) is 0 Å². The Balaban J connectivity index is 0.989. The molecule has 0 saturated carbocycles. The fourth-order valence-electron chi connectivity index (χ4n) is 8.96. The van der Waals surface area contributed by atoms with Crippen LogP contribution in [0.1, 0.15) is 29.4 Å². The molecule has 0 spiro atoms. The second-order valence-corrected chi connectivity index (χ2v) is 14.9. The van der Waals surface area contributed by atoms with Gasteiger partial charge in [-0.15, -0.1) is 0 Å². The predicted octanol–water partition coefficient (Wildman–Crippen LogP) is 12.1. The Bertz CT molecular complexity index is 3340. The van der Waals surface area contributed by atoms with Crippen molar-refractivity contribution in [2.75, 3.05) is 0 Å². The Morgan fingerprint density at radius 3 is 1.97 bits per heavy atom. The minimum absolute atomic E-state index is 0.0855. The molecule has 0 aliphatic heterocycles. The third-order valence-corrected chi connectivity index (χ3v) is 11.6. The number of imidazole rings is 2. The van der Waals surface area contributed by atoms with Gasteiger partial charge in [-0.25, -0.2) is 19.9 Å². The van der Waals surface area contributed by atoms with E-state index in [2.05, 4.69) is 155 Å². The lowest BCUT2D eigenvalue weighted by Crippen LogP contribution is -2.11. The van der Waals surface area contributed by atoms with Gasteiger partial charge in [0, 0.05) is 44.6 Å². The summed E-state index contributed by atoms with van der Waals surface area (Å²) in [7, 11) is 0. The third kappa shape index (κ3) is 5.06. The van der Waals surface area contributed by atoms with Crippen LogP contribution < -0.4 is 0 Å². The van der Waals surface area contributed by atoms with Crippen molar-refractivity contribution < 1.29 is 4.42 Å². The first-order chi connectivity index (χ1) is 28.8. The molecule has 4 aromatic heterocycles. The highest BCUT2D eigenvalue weighted by Crippen LogP contribution is 2.43. The van der Waals surface area contributed by atoms with Crippen molar-refractivity contribution >= 4 is 38.7 Å². The average molecular weight is 747 g/mol. The van der Waals surface area contributed by atoms with Crippen LogP contribution in [0.2, 0.25) is 0 Å². The molecule has 1 unspecified atom stereocenters. The number of hydrogen-bond acceptors (Lipinski definition) is 5. The molecule has 7 aromatic carbocycles. The maximum absolute atomic E-state index is 6.38. The number of aryl methyl sites for hydroxylation is 1. The summed E-state index contributed by atoms with van der Waals surface area (Å²) in [6, 6.07) is 61.0. The summed E-state index contributed by atoms with van der Waals surface area (Å²) in [5.41, 5.74) is 13.6.